The molecular formula is C22H13N3S. The van der Waals surface area contributed by atoms with Crippen molar-refractivity contribution in [1.29, 1.82) is 0 Å². The number of hydrogen-bond acceptors (Lipinski definition) is 3. The molecule has 0 bridgehead atoms. The highest BCUT2D eigenvalue weighted by Gasteiger charge is 2.17. The van der Waals surface area contributed by atoms with Gasteiger partial charge in [0.2, 0.25) is 0 Å². The maximum Gasteiger partial charge on any atom is 0.159 e. The number of aromatic nitrogens is 3. The Morgan fingerprint density at radius 3 is 2.00 bits per heavy atom. The molecule has 0 radical (unpaired) electrons. The van der Waals surface area contributed by atoms with Crippen LogP contribution in [0.5, 0.6) is 0 Å². The van der Waals surface area contributed by atoms with Crippen LogP contribution >= 0.6 is 11.3 Å². The van der Waals surface area contributed by atoms with Crippen LogP contribution in [0.15, 0.2) is 79.1 Å². The second kappa shape index (κ2) is 5.13. The van der Waals surface area contributed by atoms with Gasteiger partial charge >= 0.3 is 0 Å². The normalized spacial score (nSPS) is 11.8. The molecule has 4 heteroatoms. The molecule has 122 valence electrons. The minimum Gasteiger partial charge on any atom is -0.292 e. The molecule has 3 heterocycles. The Kier molecular flexibility index (Phi) is 2.76. The molecule has 0 aliphatic rings. The molecule has 6 rings (SSSR count). The molecule has 0 spiro atoms. The van der Waals surface area contributed by atoms with E-state index in [1.807, 2.05) is 0 Å². The Bertz CT molecular complexity index is 1390. The number of nitrogens with zero attached hydrogens (tertiary/aromatic N) is 3. The molecule has 6 aromatic rings. The zero-order chi connectivity index (χ0) is 17.1. The summed E-state index contributed by atoms with van der Waals surface area (Å²) in [6.07, 6.45) is 1.68. The molecule has 0 N–H and O–H groups in total. The van der Waals surface area contributed by atoms with Gasteiger partial charge in [-0.15, -0.1) is 11.3 Å². The lowest BCUT2D eigenvalue weighted by Gasteiger charge is -2.07. The average molecular weight is 351 g/mol. The molecule has 0 fully saturated rings. The Labute approximate surface area is 153 Å². The van der Waals surface area contributed by atoms with Crippen molar-refractivity contribution in [2.75, 3.05) is 0 Å². The van der Waals surface area contributed by atoms with Crippen LogP contribution in [0, 0.1) is 0 Å². The van der Waals surface area contributed by atoms with E-state index in [1.165, 1.54) is 31.9 Å². The Hall–Kier alpha value is -3.24. The maximum atomic E-state index is 4.71. The first kappa shape index (κ1) is 14.0. The van der Waals surface area contributed by atoms with Gasteiger partial charge in [-0.2, -0.15) is 0 Å². The first-order valence-electron chi connectivity index (χ1n) is 8.52. The summed E-state index contributed by atoms with van der Waals surface area (Å²) >= 11 is 1.76. The number of thiophene rings is 1. The van der Waals surface area contributed by atoms with Crippen molar-refractivity contribution in [1.82, 2.24) is 14.5 Å². The van der Waals surface area contributed by atoms with E-state index in [0.717, 1.165) is 16.0 Å². The fourth-order valence-corrected chi connectivity index (χ4v) is 4.96. The summed E-state index contributed by atoms with van der Waals surface area (Å²) in [7, 11) is 0. The monoisotopic (exact) mass is 351 g/mol. The van der Waals surface area contributed by atoms with E-state index in [1.54, 1.807) is 17.7 Å². The molecule has 26 heavy (non-hydrogen) atoms. The topological polar surface area (TPSA) is 30.7 Å². The number of para-hydroxylation sites is 2. The molecule has 0 saturated heterocycles. The summed E-state index contributed by atoms with van der Waals surface area (Å²) < 4.78 is 4.63. The Morgan fingerprint density at radius 2 is 1.27 bits per heavy atom. The minimum absolute atomic E-state index is 0.952. The molecule has 0 amide bonds. The quantitative estimate of drug-likeness (QED) is 0.367. The van der Waals surface area contributed by atoms with Gasteiger partial charge in [0.05, 0.1) is 21.3 Å². The molecule has 3 aromatic carbocycles. The molecule has 3 nitrogen and oxygen atoms in total. The van der Waals surface area contributed by atoms with E-state index < -0.39 is 0 Å². The second-order valence-corrected chi connectivity index (χ2v) is 7.40. The molecular weight excluding hydrogens is 338 g/mol. The highest BCUT2D eigenvalue weighted by atomic mass is 32.1. The third-order valence-electron chi connectivity index (χ3n) is 4.93. The lowest BCUT2D eigenvalue weighted by Crippen LogP contribution is -1.98. The van der Waals surface area contributed by atoms with Gasteiger partial charge in [0, 0.05) is 20.9 Å². The molecule has 3 aromatic heterocycles. The van der Waals surface area contributed by atoms with Crippen molar-refractivity contribution < 1.29 is 0 Å². The smallest absolute Gasteiger partial charge is 0.159 e. The van der Waals surface area contributed by atoms with Crippen molar-refractivity contribution in [2.45, 2.75) is 0 Å². The van der Waals surface area contributed by atoms with Crippen molar-refractivity contribution in [3.05, 3.63) is 79.1 Å². The summed E-state index contributed by atoms with van der Waals surface area (Å²) in [6, 6.07) is 25.5. The van der Waals surface area contributed by atoms with Crippen molar-refractivity contribution in [3.8, 4) is 5.82 Å². The first-order chi connectivity index (χ1) is 12.9. The van der Waals surface area contributed by atoms with Crippen molar-refractivity contribution in [2.24, 2.45) is 0 Å². The zero-order valence-corrected chi connectivity index (χ0v) is 14.6. The maximum absolute atomic E-state index is 4.71. The van der Waals surface area contributed by atoms with E-state index in [9.17, 15) is 0 Å². The number of hydrogen-bond donors (Lipinski definition) is 0. The van der Waals surface area contributed by atoms with Crippen LogP contribution < -0.4 is 0 Å². The Balaban J connectivity index is 1.84. The van der Waals surface area contributed by atoms with Gasteiger partial charge in [0.15, 0.2) is 5.82 Å². The van der Waals surface area contributed by atoms with Gasteiger partial charge in [-0.1, -0.05) is 54.6 Å². The molecule has 0 aliphatic carbocycles. The number of benzene rings is 3. The van der Waals surface area contributed by atoms with Gasteiger partial charge in [-0.05, 0) is 18.2 Å². The van der Waals surface area contributed by atoms with E-state index in [-0.39, 0.29) is 0 Å². The summed E-state index contributed by atoms with van der Waals surface area (Å²) in [5, 5.41) is 3.68. The predicted octanol–water partition coefficient (Wildman–Crippen LogP) is 5.94. The molecule has 0 unspecified atom stereocenters. The van der Waals surface area contributed by atoms with E-state index in [0.29, 0.717) is 0 Å². The van der Waals surface area contributed by atoms with Crippen LogP contribution in [-0.2, 0) is 0 Å². The Morgan fingerprint density at radius 1 is 0.654 bits per heavy atom. The lowest BCUT2D eigenvalue weighted by atomic mass is 10.2. The van der Waals surface area contributed by atoms with Crippen LogP contribution in [0.2, 0.25) is 0 Å². The van der Waals surface area contributed by atoms with Crippen LogP contribution in [0.4, 0.5) is 0 Å². The minimum atomic E-state index is 0.952. The average Bonchev–Trinajstić information content (AvgIpc) is 3.24. The van der Waals surface area contributed by atoms with Gasteiger partial charge in [0.25, 0.3) is 0 Å². The van der Waals surface area contributed by atoms with Gasteiger partial charge in [-0.25, -0.2) is 9.97 Å². The van der Waals surface area contributed by atoms with Crippen LogP contribution in [0.1, 0.15) is 0 Å². The van der Waals surface area contributed by atoms with Crippen LogP contribution in [0.25, 0.3) is 47.9 Å². The summed E-state index contributed by atoms with van der Waals surface area (Å²) in [5.74, 6) is 0.952. The first-order valence-corrected chi connectivity index (χ1v) is 9.34. The lowest BCUT2D eigenvalue weighted by molar-refractivity contribution is 1.08. The summed E-state index contributed by atoms with van der Waals surface area (Å²) in [6.45, 7) is 0. The summed E-state index contributed by atoms with van der Waals surface area (Å²) in [5.41, 5.74) is 3.37. The van der Waals surface area contributed by atoms with Gasteiger partial charge in [0.1, 0.15) is 6.33 Å². The molecule has 0 saturated carbocycles. The fraction of sp³-hybridized carbons (Fsp3) is 0. The van der Waals surface area contributed by atoms with Crippen LogP contribution in [-0.4, -0.2) is 14.5 Å². The summed E-state index contributed by atoms with van der Waals surface area (Å²) in [4.78, 5) is 9.29. The predicted molar refractivity (Wildman–Crippen MR) is 109 cm³/mol. The SMILES string of the molecule is c1ccc2c(c1)sc1c(-n3c4ccccc4c4ccccc43)ncnc12. The zero-order valence-electron chi connectivity index (χ0n) is 13.8. The van der Waals surface area contributed by atoms with E-state index >= 15 is 0 Å². The van der Waals surface area contributed by atoms with Crippen molar-refractivity contribution in [3.63, 3.8) is 0 Å². The van der Waals surface area contributed by atoms with Gasteiger partial charge < -0.3 is 0 Å². The van der Waals surface area contributed by atoms with Gasteiger partial charge in [-0.3, -0.25) is 4.57 Å². The van der Waals surface area contributed by atoms with E-state index in [2.05, 4.69) is 82.3 Å². The largest absolute Gasteiger partial charge is 0.292 e. The number of fused-ring (bicyclic) bond motifs is 6. The second-order valence-electron chi connectivity index (χ2n) is 6.34. The molecule has 0 aliphatic heterocycles. The fourth-order valence-electron chi connectivity index (χ4n) is 3.82. The molecule has 0 atom stereocenters. The van der Waals surface area contributed by atoms with E-state index in [4.69, 9.17) is 4.98 Å². The number of rotatable bonds is 1. The highest BCUT2D eigenvalue weighted by molar-refractivity contribution is 7.26. The third kappa shape index (κ3) is 1.77. The highest BCUT2D eigenvalue weighted by Crippen LogP contribution is 2.38. The standard InChI is InChI=1S/C22H13N3S/c1-4-10-17-14(7-1)15-8-2-5-11-18(15)25(17)22-21-20(23-13-24-22)16-9-3-6-12-19(16)26-21/h1-13H. The van der Waals surface area contributed by atoms with Crippen LogP contribution in [0.3, 0.4) is 0 Å². The third-order valence-corrected chi connectivity index (χ3v) is 6.09. The van der Waals surface area contributed by atoms with Crippen molar-refractivity contribution >= 4 is 53.4 Å².